The summed E-state index contributed by atoms with van der Waals surface area (Å²) in [4.78, 5) is 30.2. The molecule has 0 spiro atoms. The molecule has 2 aliphatic rings. The first kappa shape index (κ1) is 26.1. The van der Waals surface area contributed by atoms with Crippen LogP contribution in [0.3, 0.4) is 0 Å². The number of esters is 2. The van der Waals surface area contributed by atoms with Gasteiger partial charge >= 0.3 is 11.9 Å². The lowest BCUT2D eigenvalue weighted by Gasteiger charge is -2.57. The molecule has 0 aromatic heterocycles. The van der Waals surface area contributed by atoms with Gasteiger partial charge in [0.2, 0.25) is 0 Å². The molecule has 2 saturated heterocycles. The molecule has 2 aliphatic heterocycles. The number of carbonyl (C=O) groups excluding carboxylic acids is 2. The van der Waals surface area contributed by atoms with Crippen LogP contribution in [0.25, 0.3) is 0 Å². The SMILES string of the molecule is CN1C(C)(C)CC(C)(OC(=O)CC(=O)OC2(C)CC(C)(C)N(C)C(C)(C)C2)CC1(C)C. The molecule has 2 heterocycles. The van der Waals surface area contributed by atoms with Crippen molar-refractivity contribution in [3.05, 3.63) is 0 Å². The van der Waals surface area contributed by atoms with E-state index in [0.29, 0.717) is 25.7 Å². The normalized spacial score (nSPS) is 28.5. The predicted molar refractivity (Wildman–Crippen MR) is 124 cm³/mol. The highest BCUT2D eigenvalue weighted by atomic mass is 16.6. The number of likely N-dealkylation sites (tertiary alicyclic amines) is 2. The van der Waals surface area contributed by atoms with E-state index in [0.717, 1.165) is 0 Å². The highest BCUT2D eigenvalue weighted by molar-refractivity contribution is 5.91. The van der Waals surface area contributed by atoms with E-state index in [1.54, 1.807) is 0 Å². The number of hydrogen-bond donors (Lipinski definition) is 0. The summed E-state index contributed by atoms with van der Waals surface area (Å²) in [5, 5.41) is 0. The highest BCUT2D eigenvalue weighted by Crippen LogP contribution is 2.45. The molecule has 0 atom stereocenters. The smallest absolute Gasteiger partial charge is 0.317 e. The van der Waals surface area contributed by atoms with Gasteiger partial charge in [-0.2, -0.15) is 0 Å². The topological polar surface area (TPSA) is 59.1 Å². The van der Waals surface area contributed by atoms with Gasteiger partial charge in [0.15, 0.2) is 0 Å². The van der Waals surface area contributed by atoms with Gasteiger partial charge in [0.05, 0.1) is 0 Å². The molecule has 0 saturated carbocycles. The molecular weight excluding hydrogens is 392 g/mol. The van der Waals surface area contributed by atoms with Gasteiger partial charge in [-0.1, -0.05) is 0 Å². The first-order valence-corrected chi connectivity index (χ1v) is 11.5. The van der Waals surface area contributed by atoms with Gasteiger partial charge in [0, 0.05) is 47.8 Å². The Balaban J connectivity index is 2.04. The van der Waals surface area contributed by atoms with E-state index < -0.39 is 23.1 Å². The van der Waals surface area contributed by atoms with Gasteiger partial charge in [0.25, 0.3) is 0 Å². The van der Waals surface area contributed by atoms with E-state index in [1.165, 1.54) is 0 Å². The highest BCUT2D eigenvalue weighted by Gasteiger charge is 2.52. The Morgan fingerprint density at radius 1 is 0.581 bits per heavy atom. The minimum Gasteiger partial charge on any atom is -0.459 e. The van der Waals surface area contributed by atoms with Crippen molar-refractivity contribution in [3.63, 3.8) is 0 Å². The van der Waals surface area contributed by atoms with Gasteiger partial charge in [-0.15, -0.1) is 0 Å². The molecule has 31 heavy (non-hydrogen) atoms. The second kappa shape index (κ2) is 7.72. The van der Waals surface area contributed by atoms with E-state index in [9.17, 15) is 9.59 Å². The fourth-order valence-electron chi connectivity index (χ4n) is 6.78. The maximum atomic E-state index is 12.7. The Hall–Kier alpha value is -1.14. The van der Waals surface area contributed by atoms with Crippen LogP contribution >= 0.6 is 0 Å². The van der Waals surface area contributed by atoms with Crippen molar-refractivity contribution < 1.29 is 19.1 Å². The van der Waals surface area contributed by atoms with Crippen molar-refractivity contribution in [2.45, 2.75) is 135 Å². The molecular formula is C25H46N2O4. The zero-order valence-corrected chi connectivity index (χ0v) is 22.1. The Kier molecular flexibility index (Phi) is 6.51. The average molecular weight is 439 g/mol. The van der Waals surface area contributed by atoms with Crippen LogP contribution in [0, 0.1) is 0 Å². The molecule has 0 bridgehead atoms. The second-order valence-corrected chi connectivity index (χ2v) is 13.1. The van der Waals surface area contributed by atoms with Crippen LogP contribution in [0.2, 0.25) is 0 Å². The van der Waals surface area contributed by atoms with Crippen LogP contribution in [-0.2, 0) is 19.1 Å². The zero-order chi connectivity index (χ0) is 24.3. The third-order valence-corrected chi connectivity index (χ3v) is 7.87. The summed E-state index contributed by atoms with van der Waals surface area (Å²) in [5.74, 6) is -1.00. The van der Waals surface area contributed by atoms with Crippen molar-refractivity contribution >= 4 is 11.9 Å². The van der Waals surface area contributed by atoms with Crippen molar-refractivity contribution in [1.82, 2.24) is 9.80 Å². The van der Waals surface area contributed by atoms with E-state index >= 15 is 0 Å². The van der Waals surface area contributed by atoms with Gasteiger partial charge < -0.3 is 9.47 Å². The largest absolute Gasteiger partial charge is 0.459 e. The molecule has 180 valence electrons. The Morgan fingerprint density at radius 2 is 0.806 bits per heavy atom. The quantitative estimate of drug-likeness (QED) is 0.474. The average Bonchev–Trinajstić information content (AvgIpc) is 2.46. The second-order valence-electron chi connectivity index (χ2n) is 13.1. The summed E-state index contributed by atoms with van der Waals surface area (Å²) in [6, 6.07) is 0. The van der Waals surface area contributed by atoms with E-state index in [-0.39, 0.29) is 28.6 Å². The molecule has 6 nitrogen and oxygen atoms in total. The fraction of sp³-hybridized carbons (Fsp3) is 0.920. The molecule has 2 rings (SSSR count). The number of hydrogen-bond acceptors (Lipinski definition) is 6. The number of piperidine rings is 2. The fourth-order valence-corrected chi connectivity index (χ4v) is 6.78. The number of rotatable bonds is 4. The monoisotopic (exact) mass is 438 g/mol. The lowest BCUT2D eigenvalue weighted by molar-refractivity contribution is -0.188. The van der Waals surface area contributed by atoms with Gasteiger partial charge in [0.1, 0.15) is 17.6 Å². The molecule has 0 aromatic carbocycles. The first-order chi connectivity index (χ1) is 13.6. The molecule has 6 heteroatoms. The number of nitrogens with zero attached hydrogens (tertiary/aromatic N) is 2. The van der Waals surface area contributed by atoms with Crippen molar-refractivity contribution in [2.75, 3.05) is 14.1 Å². The lowest BCUT2D eigenvalue weighted by atomic mass is 9.72. The van der Waals surface area contributed by atoms with Crippen LogP contribution in [0.1, 0.15) is 101 Å². The van der Waals surface area contributed by atoms with Crippen LogP contribution < -0.4 is 0 Å². The molecule has 0 aliphatic carbocycles. The van der Waals surface area contributed by atoms with Crippen molar-refractivity contribution in [3.8, 4) is 0 Å². The lowest BCUT2D eigenvalue weighted by Crippen LogP contribution is -2.64. The third kappa shape index (κ3) is 5.62. The van der Waals surface area contributed by atoms with E-state index in [2.05, 4.69) is 79.3 Å². The molecule has 0 radical (unpaired) electrons. The summed E-state index contributed by atoms with van der Waals surface area (Å²) in [6.45, 7) is 21.3. The third-order valence-electron chi connectivity index (χ3n) is 7.87. The van der Waals surface area contributed by atoms with E-state index in [4.69, 9.17) is 9.47 Å². The Bertz CT molecular complexity index is 627. The minimum atomic E-state index is -0.613. The molecule has 0 aromatic rings. The molecule has 0 unspecified atom stereocenters. The van der Waals surface area contributed by atoms with Crippen LogP contribution in [0.5, 0.6) is 0 Å². The molecule has 2 fully saturated rings. The Labute approximate surface area is 190 Å². The minimum absolute atomic E-state index is 0.115. The van der Waals surface area contributed by atoms with Crippen molar-refractivity contribution in [2.24, 2.45) is 0 Å². The predicted octanol–water partition coefficient (Wildman–Crippen LogP) is 4.55. The van der Waals surface area contributed by atoms with Crippen LogP contribution in [0.15, 0.2) is 0 Å². The van der Waals surface area contributed by atoms with Gasteiger partial charge in [-0.25, -0.2) is 0 Å². The zero-order valence-electron chi connectivity index (χ0n) is 22.1. The van der Waals surface area contributed by atoms with Crippen molar-refractivity contribution in [1.29, 1.82) is 0 Å². The summed E-state index contributed by atoms with van der Waals surface area (Å²) < 4.78 is 11.8. The molecule has 0 N–H and O–H groups in total. The summed E-state index contributed by atoms with van der Waals surface area (Å²) in [5.41, 5.74) is -1.69. The van der Waals surface area contributed by atoms with Gasteiger partial charge in [-0.3, -0.25) is 19.4 Å². The number of carbonyl (C=O) groups is 2. The van der Waals surface area contributed by atoms with Gasteiger partial charge in [-0.05, 0) is 83.3 Å². The van der Waals surface area contributed by atoms with E-state index in [1.807, 2.05) is 13.8 Å². The van der Waals surface area contributed by atoms with Crippen LogP contribution in [0.4, 0.5) is 0 Å². The summed E-state index contributed by atoms with van der Waals surface area (Å²) >= 11 is 0. The summed E-state index contributed by atoms with van der Waals surface area (Å²) in [6.07, 6.45) is 2.51. The maximum Gasteiger partial charge on any atom is 0.317 e. The molecule has 0 amide bonds. The number of ether oxygens (including phenoxy) is 2. The standard InChI is InChI=1S/C25H46N2O4/c1-20(2)14-24(9,15-21(3,4)26(20)11)30-18(28)13-19(29)31-25(10)16-22(5,6)27(12)23(7,8)17-25/h13-17H2,1-12H3. The van der Waals surface area contributed by atoms with Crippen LogP contribution in [-0.4, -0.2) is 69.2 Å². The maximum absolute atomic E-state index is 12.7. The first-order valence-electron chi connectivity index (χ1n) is 11.5. The Morgan fingerprint density at radius 3 is 1.03 bits per heavy atom. The summed E-state index contributed by atoms with van der Waals surface area (Å²) in [7, 11) is 4.23.